The fraction of sp³-hybridized carbons (Fsp3) is 0.333. The summed E-state index contributed by atoms with van der Waals surface area (Å²) < 4.78 is 27.9. The third-order valence-electron chi connectivity index (χ3n) is 5.98. The van der Waals surface area contributed by atoms with Crippen molar-refractivity contribution < 1.29 is 18.4 Å². The second-order valence-electron chi connectivity index (χ2n) is 8.26. The zero-order chi connectivity index (χ0) is 21.6. The van der Waals surface area contributed by atoms with Crippen molar-refractivity contribution in [1.82, 2.24) is 4.90 Å². The Morgan fingerprint density at radius 1 is 0.967 bits per heavy atom. The van der Waals surface area contributed by atoms with Gasteiger partial charge in [0, 0.05) is 19.2 Å². The van der Waals surface area contributed by atoms with Crippen LogP contribution in [0.2, 0.25) is 0 Å². The predicted octanol–water partition coefficient (Wildman–Crippen LogP) is 4.60. The second kappa shape index (κ2) is 7.67. The lowest BCUT2D eigenvalue weighted by Crippen LogP contribution is -2.39. The summed E-state index contributed by atoms with van der Waals surface area (Å²) in [7, 11) is 0. The molecule has 0 saturated carbocycles. The Bertz CT molecular complexity index is 1080. The van der Waals surface area contributed by atoms with Crippen LogP contribution in [0.25, 0.3) is 5.57 Å². The Morgan fingerprint density at radius 2 is 1.73 bits per heavy atom. The quantitative estimate of drug-likeness (QED) is 0.695. The number of halogens is 2. The van der Waals surface area contributed by atoms with Crippen molar-refractivity contribution in [2.75, 3.05) is 18.0 Å². The van der Waals surface area contributed by atoms with Crippen molar-refractivity contribution >= 4 is 23.1 Å². The Kier molecular flexibility index (Phi) is 5.18. The molecule has 1 saturated heterocycles. The minimum absolute atomic E-state index is 0.229. The Hall–Kier alpha value is -3.02. The summed E-state index contributed by atoms with van der Waals surface area (Å²) >= 11 is 0. The van der Waals surface area contributed by atoms with Gasteiger partial charge in [-0.15, -0.1) is 0 Å². The molecule has 2 aliphatic heterocycles. The van der Waals surface area contributed by atoms with Crippen molar-refractivity contribution in [3.63, 3.8) is 0 Å². The number of rotatable bonds is 3. The van der Waals surface area contributed by atoms with Crippen molar-refractivity contribution in [3.05, 3.63) is 70.4 Å². The van der Waals surface area contributed by atoms with Gasteiger partial charge < -0.3 is 4.90 Å². The van der Waals surface area contributed by atoms with Gasteiger partial charge in [0.1, 0.15) is 17.3 Å². The average Bonchev–Trinajstić information content (AvgIpc) is 2.95. The number of hydrogen-bond acceptors (Lipinski definition) is 3. The Morgan fingerprint density at radius 3 is 2.40 bits per heavy atom. The summed E-state index contributed by atoms with van der Waals surface area (Å²) in [6, 6.07) is 8.49. The van der Waals surface area contributed by atoms with E-state index in [-0.39, 0.29) is 11.3 Å². The number of benzene rings is 2. The number of anilines is 1. The molecule has 6 heteroatoms. The van der Waals surface area contributed by atoms with Gasteiger partial charge in [0.05, 0.1) is 11.3 Å². The number of hydrogen-bond donors (Lipinski definition) is 0. The van der Waals surface area contributed by atoms with Crippen molar-refractivity contribution in [2.24, 2.45) is 5.92 Å². The smallest absolute Gasteiger partial charge is 0.282 e. The number of likely N-dealkylation sites (tertiary alicyclic amines) is 1. The topological polar surface area (TPSA) is 40.6 Å². The highest BCUT2D eigenvalue weighted by molar-refractivity contribution is 6.45. The van der Waals surface area contributed by atoms with Crippen LogP contribution < -0.4 is 4.90 Å². The van der Waals surface area contributed by atoms with Gasteiger partial charge in [-0.05, 0) is 61.4 Å². The predicted molar refractivity (Wildman–Crippen MR) is 112 cm³/mol. The third-order valence-corrected chi connectivity index (χ3v) is 5.98. The molecule has 0 bridgehead atoms. The average molecular weight is 410 g/mol. The first kappa shape index (κ1) is 20.3. The summed E-state index contributed by atoms with van der Waals surface area (Å²) in [4.78, 5) is 29.7. The highest BCUT2D eigenvalue weighted by Gasteiger charge is 2.44. The van der Waals surface area contributed by atoms with Gasteiger partial charge >= 0.3 is 0 Å². The molecule has 0 spiro atoms. The lowest BCUT2D eigenvalue weighted by atomic mass is 9.96. The fourth-order valence-electron chi connectivity index (χ4n) is 4.24. The fourth-order valence-corrected chi connectivity index (χ4v) is 4.24. The van der Waals surface area contributed by atoms with Crippen LogP contribution >= 0.6 is 0 Å². The molecular formula is C24H24F2N2O2. The molecule has 0 aromatic heterocycles. The molecule has 1 unspecified atom stereocenters. The summed E-state index contributed by atoms with van der Waals surface area (Å²) in [6.07, 6.45) is 1.97. The molecule has 156 valence electrons. The largest absolute Gasteiger partial charge is 0.366 e. The molecule has 2 heterocycles. The molecule has 4 rings (SSSR count). The Labute approximate surface area is 174 Å². The van der Waals surface area contributed by atoms with E-state index in [0.29, 0.717) is 36.3 Å². The van der Waals surface area contributed by atoms with E-state index in [0.717, 1.165) is 41.0 Å². The first-order chi connectivity index (χ1) is 14.3. The first-order valence-electron chi connectivity index (χ1n) is 10.2. The highest BCUT2D eigenvalue weighted by atomic mass is 19.1. The van der Waals surface area contributed by atoms with Gasteiger partial charge in [-0.2, -0.15) is 0 Å². The molecule has 2 aliphatic rings. The number of nitrogens with zero attached hydrogens (tertiary/aromatic N) is 2. The van der Waals surface area contributed by atoms with Gasteiger partial charge in [-0.25, -0.2) is 13.7 Å². The van der Waals surface area contributed by atoms with E-state index in [1.807, 2.05) is 36.9 Å². The molecule has 4 nitrogen and oxygen atoms in total. The number of carbonyl (C=O) groups is 2. The molecule has 0 radical (unpaired) electrons. The number of aryl methyl sites for hydroxylation is 2. The first-order valence-corrected chi connectivity index (χ1v) is 10.2. The highest BCUT2D eigenvalue weighted by Crippen LogP contribution is 2.37. The van der Waals surface area contributed by atoms with Crippen LogP contribution in [0.5, 0.6) is 0 Å². The monoisotopic (exact) mass is 410 g/mol. The molecule has 0 aliphatic carbocycles. The minimum Gasteiger partial charge on any atom is -0.366 e. The third kappa shape index (κ3) is 3.40. The second-order valence-corrected chi connectivity index (χ2v) is 8.26. The van der Waals surface area contributed by atoms with Crippen LogP contribution in [-0.4, -0.2) is 29.8 Å². The maximum absolute atomic E-state index is 14.5. The molecule has 2 aromatic rings. The molecular weight excluding hydrogens is 386 g/mol. The lowest BCUT2D eigenvalue weighted by molar-refractivity contribution is -0.120. The standard InChI is InChI=1S/C24H24F2N2O2/c1-14-5-4-10-27(13-14)22-21(17-7-6-15(2)16(3)11-17)23(29)28(24(22)30)20-9-8-18(25)12-19(20)26/h6-9,11-12,14H,4-5,10,13H2,1-3H3. The van der Waals surface area contributed by atoms with E-state index in [4.69, 9.17) is 0 Å². The van der Waals surface area contributed by atoms with Crippen LogP contribution in [0.15, 0.2) is 42.1 Å². The summed E-state index contributed by atoms with van der Waals surface area (Å²) in [5.74, 6) is -2.46. The lowest BCUT2D eigenvalue weighted by Gasteiger charge is -2.33. The molecule has 2 amide bonds. The van der Waals surface area contributed by atoms with E-state index < -0.39 is 23.4 Å². The van der Waals surface area contributed by atoms with Crippen LogP contribution in [-0.2, 0) is 9.59 Å². The van der Waals surface area contributed by atoms with Crippen LogP contribution in [0.1, 0.15) is 36.5 Å². The molecule has 0 N–H and O–H groups in total. The van der Waals surface area contributed by atoms with E-state index in [1.165, 1.54) is 0 Å². The minimum atomic E-state index is -0.940. The van der Waals surface area contributed by atoms with E-state index in [9.17, 15) is 18.4 Å². The number of imide groups is 1. The van der Waals surface area contributed by atoms with Crippen LogP contribution in [0, 0.1) is 31.4 Å². The Balaban J connectivity index is 1.86. The van der Waals surface area contributed by atoms with Crippen LogP contribution in [0.4, 0.5) is 14.5 Å². The number of piperidine rings is 1. The zero-order valence-electron chi connectivity index (χ0n) is 17.3. The van der Waals surface area contributed by atoms with E-state index in [2.05, 4.69) is 6.92 Å². The van der Waals surface area contributed by atoms with Crippen molar-refractivity contribution in [2.45, 2.75) is 33.6 Å². The zero-order valence-corrected chi connectivity index (χ0v) is 17.3. The SMILES string of the molecule is Cc1ccc(C2=C(N3CCCC(C)C3)C(=O)N(c3ccc(F)cc3F)C2=O)cc1C. The molecule has 2 aromatic carbocycles. The van der Waals surface area contributed by atoms with Crippen LogP contribution in [0.3, 0.4) is 0 Å². The van der Waals surface area contributed by atoms with Gasteiger partial charge in [-0.1, -0.05) is 25.1 Å². The van der Waals surface area contributed by atoms with Crippen molar-refractivity contribution in [1.29, 1.82) is 0 Å². The summed E-state index contributed by atoms with van der Waals surface area (Å²) in [6.45, 7) is 7.35. The normalized spacial score (nSPS) is 19.8. The van der Waals surface area contributed by atoms with Gasteiger partial charge in [-0.3, -0.25) is 9.59 Å². The summed E-state index contributed by atoms with van der Waals surface area (Å²) in [5.41, 5.74) is 3.06. The molecule has 1 fully saturated rings. The van der Waals surface area contributed by atoms with E-state index in [1.54, 1.807) is 0 Å². The van der Waals surface area contributed by atoms with Gasteiger partial charge in [0.25, 0.3) is 11.8 Å². The van der Waals surface area contributed by atoms with Gasteiger partial charge in [0.2, 0.25) is 0 Å². The number of carbonyl (C=O) groups excluding carboxylic acids is 2. The number of amides is 2. The molecule has 1 atom stereocenters. The maximum atomic E-state index is 14.5. The van der Waals surface area contributed by atoms with E-state index >= 15 is 0 Å². The molecule has 30 heavy (non-hydrogen) atoms. The summed E-state index contributed by atoms with van der Waals surface area (Å²) in [5, 5.41) is 0. The van der Waals surface area contributed by atoms with Gasteiger partial charge in [0.15, 0.2) is 0 Å². The van der Waals surface area contributed by atoms with Crippen molar-refractivity contribution in [3.8, 4) is 0 Å². The maximum Gasteiger partial charge on any atom is 0.282 e.